The summed E-state index contributed by atoms with van der Waals surface area (Å²) in [6.07, 6.45) is 6.80. The second-order valence-corrected chi connectivity index (χ2v) is 6.32. The van der Waals surface area contributed by atoms with Crippen LogP contribution >= 0.6 is 0 Å². The molecule has 0 spiro atoms. The summed E-state index contributed by atoms with van der Waals surface area (Å²) >= 11 is 0. The number of nitrogens with one attached hydrogen (secondary N) is 3. The molecule has 0 radical (unpaired) electrons. The number of carbonyl (C=O) groups is 2. The summed E-state index contributed by atoms with van der Waals surface area (Å²) in [5.41, 5.74) is 4.97. The summed E-state index contributed by atoms with van der Waals surface area (Å²) in [5.74, 6) is 0.0339. The van der Waals surface area contributed by atoms with Crippen molar-refractivity contribution >= 4 is 23.2 Å². The highest BCUT2D eigenvalue weighted by atomic mass is 16.2. The monoisotopic (exact) mass is 321 g/mol. The van der Waals surface area contributed by atoms with E-state index in [-0.39, 0.29) is 23.8 Å². The number of amides is 2. The molecule has 3 aliphatic rings. The van der Waals surface area contributed by atoms with Gasteiger partial charge in [0.15, 0.2) is 0 Å². The van der Waals surface area contributed by atoms with Gasteiger partial charge in [-0.1, -0.05) is 30.4 Å². The molecule has 24 heavy (non-hydrogen) atoms. The zero-order chi connectivity index (χ0) is 16.7. The van der Waals surface area contributed by atoms with Crippen molar-refractivity contribution in [2.24, 2.45) is 5.92 Å². The van der Waals surface area contributed by atoms with E-state index in [9.17, 15) is 9.59 Å². The van der Waals surface area contributed by atoms with Crippen molar-refractivity contribution in [2.45, 2.75) is 19.4 Å². The minimum Gasteiger partial charge on any atom is -0.377 e. The first-order valence-electron chi connectivity index (χ1n) is 8.17. The van der Waals surface area contributed by atoms with Crippen LogP contribution in [0.4, 0.5) is 5.69 Å². The lowest BCUT2D eigenvalue weighted by molar-refractivity contribution is -0.117. The van der Waals surface area contributed by atoms with E-state index in [0.717, 1.165) is 28.9 Å². The summed E-state index contributed by atoms with van der Waals surface area (Å²) in [6, 6.07) is 7.93. The van der Waals surface area contributed by atoms with E-state index >= 15 is 0 Å². The summed E-state index contributed by atoms with van der Waals surface area (Å²) in [4.78, 5) is 23.6. The third kappa shape index (κ3) is 2.42. The molecule has 1 aromatic rings. The lowest BCUT2D eigenvalue weighted by Crippen LogP contribution is -2.34. The molecule has 4 rings (SSSR count). The van der Waals surface area contributed by atoms with Crippen LogP contribution in [0, 0.1) is 5.92 Å². The van der Waals surface area contributed by atoms with E-state index < -0.39 is 0 Å². The van der Waals surface area contributed by atoms with E-state index in [1.165, 1.54) is 12.5 Å². The highest BCUT2D eigenvalue weighted by molar-refractivity contribution is 5.97. The molecule has 1 aromatic carbocycles. The van der Waals surface area contributed by atoms with E-state index in [0.29, 0.717) is 6.54 Å². The van der Waals surface area contributed by atoms with Crippen molar-refractivity contribution in [3.63, 3.8) is 0 Å². The molecule has 1 fully saturated rings. The molecule has 3 N–H and O–H groups in total. The molecule has 2 heterocycles. The first-order chi connectivity index (χ1) is 11.6. The van der Waals surface area contributed by atoms with Crippen LogP contribution < -0.4 is 16.0 Å². The zero-order valence-corrected chi connectivity index (χ0v) is 13.4. The van der Waals surface area contributed by atoms with E-state index in [2.05, 4.69) is 22.0 Å². The van der Waals surface area contributed by atoms with Crippen LogP contribution in [0.2, 0.25) is 0 Å². The van der Waals surface area contributed by atoms with Gasteiger partial charge in [-0.3, -0.25) is 9.59 Å². The smallest absolute Gasteiger partial charge is 0.247 e. The molecule has 5 heteroatoms. The minimum atomic E-state index is -0.0877. The maximum absolute atomic E-state index is 12.3. The molecule has 0 aromatic heterocycles. The van der Waals surface area contributed by atoms with Crippen LogP contribution in [0.15, 0.2) is 53.6 Å². The van der Waals surface area contributed by atoms with Gasteiger partial charge in [0.05, 0.1) is 6.04 Å². The topological polar surface area (TPSA) is 70.2 Å². The SMILES string of the molecule is CC(=O)Nc1cccc(C2=C3CCNC(=O)C4=CC=CC(N2)C43)c1. The summed E-state index contributed by atoms with van der Waals surface area (Å²) < 4.78 is 0. The Morgan fingerprint density at radius 2 is 2.21 bits per heavy atom. The fourth-order valence-corrected chi connectivity index (χ4v) is 3.77. The van der Waals surface area contributed by atoms with Gasteiger partial charge in [-0.15, -0.1) is 0 Å². The lowest BCUT2D eigenvalue weighted by Gasteiger charge is -2.22. The normalized spacial score (nSPS) is 24.5. The minimum absolute atomic E-state index is 0.0272. The Kier molecular flexibility index (Phi) is 3.49. The van der Waals surface area contributed by atoms with Crippen molar-refractivity contribution < 1.29 is 9.59 Å². The third-order valence-electron chi connectivity index (χ3n) is 4.71. The van der Waals surface area contributed by atoms with Crippen LogP contribution in [0.5, 0.6) is 0 Å². The predicted molar refractivity (Wildman–Crippen MR) is 92.9 cm³/mol. The molecule has 2 atom stereocenters. The van der Waals surface area contributed by atoms with Crippen molar-refractivity contribution in [1.82, 2.24) is 10.6 Å². The average Bonchev–Trinajstić information content (AvgIpc) is 2.84. The third-order valence-corrected chi connectivity index (χ3v) is 4.71. The number of allylic oxidation sites excluding steroid dienone is 2. The van der Waals surface area contributed by atoms with Gasteiger partial charge in [0, 0.05) is 36.3 Å². The van der Waals surface area contributed by atoms with E-state index in [4.69, 9.17) is 0 Å². The molecule has 0 bridgehead atoms. The van der Waals surface area contributed by atoms with Crippen LogP contribution in [0.3, 0.4) is 0 Å². The summed E-state index contributed by atoms with van der Waals surface area (Å²) in [7, 11) is 0. The first-order valence-corrected chi connectivity index (χ1v) is 8.17. The highest BCUT2D eigenvalue weighted by Crippen LogP contribution is 2.41. The Hall–Kier alpha value is -2.82. The van der Waals surface area contributed by atoms with Crippen molar-refractivity contribution in [3.05, 3.63) is 59.2 Å². The fourth-order valence-electron chi connectivity index (χ4n) is 3.77. The van der Waals surface area contributed by atoms with Gasteiger partial charge in [-0.05, 0) is 29.7 Å². The van der Waals surface area contributed by atoms with Gasteiger partial charge in [-0.2, -0.15) is 0 Å². The maximum atomic E-state index is 12.3. The number of rotatable bonds is 2. The molecule has 2 unspecified atom stereocenters. The predicted octanol–water partition coefficient (Wildman–Crippen LogP) is 1.96. The Balaban J connectivity index is 1.77. The van der Waals surface area contributed by atoms with Gasteiger partial charge < -0.3 is 16.0 Å². The van der Waals surface area contributed by atoms with Crippen LogP contribution in [0.25, 0.3) is 5.70 Å². The van der Waals surface area contributed by atoms with E-state index in [1.807, 2.05) is 36.4 Å². The Morgan fingerprint density at radius 3 is 3.04 bits per heavy atom. The fraction of sp³-hybridized carbons (Fsp3) is 0.263. The number of anilines is 1. The summed E-state index contributed by atoms with van der Waals surface area (Å²) in [6.45, 7) is 2.15. The molecule has 5 nitrogen and oxygen atoms in total. The molecular formula is C19H19N3O2. The number of carbonyl (C=O) groups excluding carboxylic acids is 2. The van der Waals surface area contributed by atoms with Crippen LogP contribution in [0.1, 0.15) is 18.9 Å². The van der Waals surface area contributed by atoms with Crippen LogP contribution in [-0.4, -0.2) is 24.4 Å². The van der Waals surface area contributed by atoms with Crippen molar-refractivity contribution in [3.8, 4) is 0 Å². The second-order valence-electron chi connectivity index (χ2n) is 6.32. The average molecular weight is 321 g/mol. The Morgan fingerprint density at radius 1 is 1.33 bits per heavy atom. The first kappa shape index (κ1) is 14.8. The molecular weight excluding hydrogens is 302 g/mol. The van der Waals surface area contributed by atoms with Gasteiger partial charge >= 0.3 is 0 Å². The largest absolute Gasteiger partial charge is 0.377 e. The van der Waals surface area contributed by atoms with E-state index in [1.54, 1.807) is 0 Å². The standard InChI is InChI=1S/C19H19N3O2/c1-11(23)21-13-5-2-4-12(10-13)18-14-8-9-20-19(24)15-6-3-7-16(22-18)17(14)15/h2-7,10,16-17,22H,8-9H2,1H3,(H,20,24)(H,21,23). The summed E-state index contributed by atoms with van der Waals surface area (Å²) in [5, 5.41) is 9.37. The van der Waals surface area contributed by atoms with Crippen molar-refractivity contribution in [1.29, 1.82) is 0 Å². The maximum Gasteiger partial charge on any atom is 0.247 e. The lowest BCUT2D eigenvalue weighted by atomic mass is 9.82. The Bertz CT molecular complexity index is 820. The highest BCUT2D eigenvalue weighted by Gasteiger charge is 2.40. The van der Waals surface area contributed by atoms with Crippen molar-refractivity contribution in [2.75, 3.05) is 11.9 Å². The molecule has 2 amide bonds. The Labute approximate surface area is 140 Å². The molecule has 2 aliphatic heterocycles. The van der Waals surface area contributed by atoms with Gasteiger partial charge in [-0.25, -0.2) is 0 Å². The van der Waals surface area contributed by atoms with Gasteiger partial charge in [0.2, 0.25) is 11.8 Å². The number of hydrogen-bond donors (Lipinski definition) is 3. The molecule has 1 saturated heterocycles. The van der Waals surface area contributed by atoms with Crippen LogP contribution in [-0.2, 0) is 9.59 Å². The molecule has 1 aliphatic carbocycles. The number of benzene rings is 1. The zero-order valence-electron chi connectivity index (χ0n) is 13.4. The van der Waals surface area contributed by atoms with Gasteiger partial charge in [0.1, 0.15) is 0 Å². The quantitative estimate of drug-likeness (QED) is 0.780. The molecule has 0 saturated carbocycles. The van der Waals surface area contributed by atoms with Gasteiger partial charge in [0.25, 0.3) is 0 Å². The number of hydrogen-bond acceptors (Lipinski definition) is 3. The second kappa shape index (κ2) is 5.67. The molecule has 122 valence electrons.